The fourth-order valence-electron chi connectivity index (χ4n) is 1.76. The van der Waals surface area contributed by atoms with Crippen molar-refractivity contribution < 1.29 is 27.9 Å². The molecular weight excluding hydrogens is 332 g/mol. The first-order valence-electron chi connectivity index (χ1n) is 6.39. The van der Waals surface area contributed by atoms with E-state index in [0.29, 0.717) is 5.69 Å². The zero-order valence-corrected chi connectivity index (χ0v) is 13.9. The second-order valence-electron chi connectivity index (χ2n) is 4.76. The summed E-state index contributed by atoms with van der Waals surface area (Å²) in [6.45, 7) is 1.68. The van der Waals surface area contributed by atoms with Crippen molar-refractivity contribution in [2.24, 2.45) is 0 Å². The largest absolute Gasteiger partial charge is 0.481 e. The van der Waals surface area contributed by atoms with Crippen LogP contribution in [0.15, 0.2) is 12.5 Å². The first-order chi connectivity index (χ1) is 10.2. The molecule has 0 bridgehead atoms. The van der Waals surface area contributed by atoms with Crippen molar-refractivity contribution in [1.29, 1.82) is 0 Å². The predicted octanol–water partition coefficient (Wildman–Crippen LogP) is 1.33. The van der Waals surface area contributed by atoms with Crippen LogP contribution in [0, 0.1) is 0 Å². The van der Waals surface area contributed by atoms with E-state index >= 15 is 0 Å². The van der Waals surface area contributed by atoms with E-state index in [1.807, 2.05) is 0 Å². The summed E-state index contributed by atoms with van der Waals surface area (Å²) in [6, 6.07) is -0.328. The van der Waals surface area contributed by atoms with Gasteiger partial charge in [-0.1, -0.05) is 0 Å². The van der Waals surface area contributed by atoms with E-state index in [4.69, 9.17) is 9.84 Å². The van der Waals surface area contributed by atoms with Crippen molar-refractivity contribution >= 4 is 32.9 Å². The van der Waals surface area contributed by atoms with E-state index in [9.17, 15) is 18.0 Å². The lowest BCUT2D eigenvalue weighted by molar-refractivity contribution is -0.136. The highest BCUT2D eigenvalue weighted by atomic mass is 32.2. The smallest absolute Gasteiger partial charge is 0.367 e. The molecular formula is C12H18N2O6S2. The van der Waals surface area contributed by atoms with Gasteiger partial charge >= 0.3 is 11.3 Å². The van der Waals surface area contributed by atoms with Crippen molar-refractivity contribution in [3.8, 4) is 0 Å². The molecule has 0 saturated carbocycles. The average Bonchev–Trinajstić information content (AvgIpc) is 2.82. The van der Waals surface area contributed by atoms with Crippen LogP contribution in [0.2, 0.25) is 0 Å². The van der Waals surface area contributed by atoms with Gasteiger partial charge in [-0.05, 0) is 18.7 Å². The number of aliphatic carboxylic acids is 1. The highest BCUT2D eigenvalue weighted by molar-refractivity contribution is 8.13. The average molecular weight is 350 g/mol. The van der Waals surface area contributed by atoms with Crippen molar-refractivity contribution in [3.05, 3.63) is 18.2 Å². The van der Waals surface area contributed by atoms with Gasteiger partial charge in [0.15, 0.2) is 0 Å². The Bertz CT molecular complexity index is 625. The molecule has 0 amide bonds. The van der Waals surface area contributed by atoms with Crippen molar-refractivity contribution in [1.82, 2.24) is 9.55 Å². The van der Waals surface area contributed by atoms with Gasteiger partial charge in [-0.3, -0.25) is 4.79 Å². The molecule has 124 valence electrons. The highest BCUT2D eigenvalue weighted by Gasteiger charge is 2.16. The fraction of sp³-hybridized carbons (Fsp3) is 0.583. The first kappa shape index (κ1) is 18.5. The van der Waals surface area contributed by atoms with E-state index in [-0.39, 0.29) is 30.6 Å². The molecule has 0 spiro atoms. The molecule has 0 aliphatic rings. The zero-order chi connectivity index (χ0) is 16.8. The summed E-state index contributed by atoms with van der Waals surface area (Å²) in [7, 11) is -3.13. The molecule has 1 unspecified atom stereocenters. The Hall–Kier alpha value is -1.55. The molecule has 1 atom stereocenters. The number of ether oxygens (including phenoxy) is 1. The van der Waals surface area contributed by atoms with Gasteiger partial charge in [0, 0.05) is 18.1 Å². The number of hydrogen-bond donors (Lipinski definition) is 1. The van der Waals surface area contributed by atoms with Crippen LogP contribution in [-0.4, -0.2) is 52.1 Å². The maximum atomic E-state index is 11.5. The molecule has 0 aliphatic heterocycles. The molecule has 0 aliphatic carbocycles. The van der Waals surface area contributed by atoms with Gasteiger partial charge in [0.05, 0.1) is 30.4 Å². The number of nitrogens with zero attached hydrogens (tertiary/aromatic N) is 2. The number of sulfone groups is 1. The van der Waals surface area contributed by atoms with Crippen LogP contribution in [0.5, 0.6) is 0 Å². The van der Waals surface area contributed by atoms with Gasteiger partial charge in [0.25, 0.3) is 0 Å². The molecule has 8 nitrogen and oxygen atoms in total. The van der Waals surface area contributed by atoms with E-state index in [0.717, 1.165) is 18.0 Å². The van der Waals surface area contributed by atoms with Gasteiger partial charge in [-0.15, -0.1) is 0 Å². The topological polar surface area (TPSA) is 116 Å². The lowest BCUT2D eigenvalue weighted by Gasteiger charge is -2.15. The normalized spacial score (nSPS) is 12.8. The van der Waals surface area contributed by atoms with Crippen molar-refractivity contribution in [2.45, 2.75) is 26.0 Å². The number of hydrogen-bond acceptors (Lipinski definition) is 7. The molecule has 1 heterocycles. The summed E-state index contributed by atoms with van der Waals surface area (Å²) in [6.07, 6.45) is 4.01. The molecule has 1 rings (SSSR count). The summed E-state index contributed by atoms with van der Waals surface area (Å²) in [5, 5.41) is 7.89. The van der Waals surface area contributed by atoms with Crippen LogP contribution in [0.3, 0.4) is 0 Å². The summed E-state index contributed by atoms with van der Waals surface area (Å²) >= 11 is 0.783. The minimum atomic E-state index is -3.13. The number of imidazole rings is 1. The third kappa shape index (κ3) is 6.94. The van der Waals surface area contributed by atoms with Crippen LogP contribution in [0.4, 0.5) is 4.79 Å². The third-order valence-electron chi connectivity index (χ3n) is 2.64. The quantitative estimate of drug-likeness (QED) is 0.698. The maximum absolute atomic E-state index is 11.5. The molecule has 10 heteroatoms. The SMILES string of the molecule is CC(CS(C)(=O)=O)n1cncc1COC(=O)SCCC(=O)O. The van der Waals surface area contributed by atoms with Gasteiger partial charge < -0.3 is 14.4 Å². The third-order valence-corrected chi connectivity index (χ3v) is 4.49. The summed E-state index contributed by atoms with van der Waals surface area (Å²) in [5.41, 5.74) is 0.573. The Morgan fingerprint density at radius 2 is 2.18 bits per heavy atom. The fourth-order valence-corrected chi connectivity index (χ4v) is 3.38. The molecule has 1 N–H and O–H groups in total. The number of carbonyl (C=O) groups is 2. The van der Waals surface area contributed by atoms with Crippen LogP contribution in [-0.2, 0) is 26.0 Å². The second kappa shape index (κ2) is 8.18. The maximum Gasteiger partial charge on any atom is 0.367 e. The number of carbonyl (C=O) groups excluding carboxylic acids is 1. The highest BCUT2D eigenvalue weighted by Crippen LogP contribution is 2.15. The molecule has 1 aromatic rings. The summed E-state index contributed by atoms with van der Waals surface area (Å²) < 4.78 is 29.3. The van der Waals surface area contributed by atoms with E-state index in [1.54, 1.807) is 11.5 Å². The molecule has 22 heavy (non-hydrogen) atoms. The summed E-state index contributed by atoms with van der Waals surface area (Å²) in [4.78, 5) is 25.7. The number of carboxylic acid groups (broad SMARTS) is 1. The second-order valence-corrected chi connectivity index (χ2v) is 7.98. The summed E-state index contributed by atoms with van der Waals surface area (Å²) in [5.74, 6) is -0.886. The van der Waals surface area contributed by atoms with Crippen LogP contribution >= 0.6 is 11.8 Å². The monoisotopic (exact) mass is 350 g/mol. The minimum absolute atomic E-state index is 0.0440. The van der Waals surface area contributed by atoms with Gasteiger partial charge in [-0.25, -0.2) is 18.2 Å². The van der Waals surface area contributed by atoms with Gasteiger partial charge in [0.2, 0.25) is 0 Å². The lowest BCUT2D eigenvalue weighted by Crippen LogP contribution is -2.18. The van der Waals surface area contributed by atoms with Crippen LogP contribution < -0.4 is 0 Å². The zero-order valence-electron chi connectivity index (χ0n) is 12.3. The Balaban J connectivity index is 2.52. The van der Waals surface area contributed by atoms with Crippen molar-refractivity contribution in [2.75, 3.05) is 17.8 Å². The van der Waals surface area contributed by atoms with Gasteiger partial charge in [-0.2, -0.15) is 0 Å². The van der Waals surface area contributed by atoms with Crippen molar-refractivity contribution in [3.63, 3.8) is 0 Å². The Kier molecular flexibility index (Phi) is 6.88. The Morgan fingerprint density at radius 3 is 2.77 bits per heavy atom. The Labute approximate surface area is 132 Å². The minimum Gasteiger partial charge on any atom is -0.481 e. The van der Waals surface area contributed by atoms with Crippen LogP contribution in [0.1, 0.15) is 25.1 Å². The molecule has 0 fully saturated rings. The van der Waals surface area contributed by atoms with Crippen LogP contribution in [0.25, 0.3) is 0 Å². The molecule has 1 aromatic heterocycles. The van der Waals surface area contributed by atoms with E-state index in [2.05, 4.69) is 4.98 Å². The number of thioether (sulfide) groups is 1. The van der Waals surface area contributed by atoms with E-state index in [1.165, 1.54) is 12.5 Å². The van der Waals surface area contributed by atoms with E-state index < -0.39 is 21.1 Å². The lowest BCUT2D eigenvalue weighted by atomic mass is 10.3. The first-order valence-corrected chi connectivity index (χ1v) is 9.43. The standard InChI is InChI=1S/C12H18N2O6S2/c1-9(7-22(2,18)19)14-8-13-5-10(14)6-20-12(17)21-4-3-11(15)16/h5,8-9H,3-4,6-7H2,1-2H3,(H,15,16). The molecule has 0 saturated heterocycles. The number of rotatable bonds is 8. The number of carboxylic acids is 1. The Morgan fingerprint density at radius 1 is 1.50 bits per heavy atom. The molecule has 0 radical (unpaired) electrons. The van der Waals surface area contributed by atoms with Gasteiger partial charge in [0.1, 0.15) is 16.4 Å². The molecule has 0 aromatic carbocycles. The number of aromatic nitrogens is 2. The predicted molar refractivity (Wildman–Crippen MR) is 81.5 cm³/mol.